The molecule has 2 aromatic carbocycles. The Hall–Kier alpha value is -0.497. The summed E-state index contributed by atoms with van der Waals surface area (Å²) in [6.07, 6.45) is 0. The topological polar surface area (TPSA) is 40.5 Å². The van der Waals surface area contributed by atoms with Gasteiger partial charge in [-0.3, -0.25) is 0 Å². The van der Waals surface area contributed by atoms with Crippen LogP contribution >= 0.6 is 0 Å². The Morgan fingerprint density at radius 2 is 0.880 bits per heavy atom. The van der Waals surface area contributed by atoms with E-state index in [4.69, 9.17) is 0 Å². The van der Waals surface area contributed by atoms with Gasteiger partial charge in [0.1, 0.15) is 11.5 Å². The van der Waals surface area contributed by atoms with E-state index in [2.05, 4.69) is 41.5 Å². The summed E-state index contributed by atoms with van der Waals surface area (Å²) < 4.78 is 0. The van der Waals surface area contributed by atoms with Gasteiger partial charge in [-0.2, -0.15) is 0 Å². The molecule has 0 heterocycles. The molecule has 2 aromatic rings. The largest absolute Gasteiger partial charge is 2.00 e. The summed E-state index contributed by atoms with van der Waals surface area (Å²) in [6.45, 7) is 12.8. The molecule has 0 saturated heterocycles. The third-order valence-electron chi connectivity index (χ3n) is 3.42. The molecule has 0 spiro atoms. The summed E-state index contributed by atoms with van der Waals surface area (Å²) in [4.78, 5) is 0. The molecule has 0 saturated carbocycles. The molecule has 0 radical (unpaired) electrons. The van der Waals surface area contributed by atoms with Gasteiger partial charge in [0.15, 0.2) is 0 Å². The van der Waals surface area contributed by atoms with Crippen molar-refractivity contribution in [3.05, 3.63) is 59.7 Å². The van der Waals surface area contributed by atoms with Crippen LogP contribution in [-0.2, 0) is 37.0 Å². The third kappa shape index (κ3) is 11.0. The SMILES string of the molecule is CC(C)(C)c1cccc(O)c1.CC(C)(C)c1cccc(O)c1.[Cl-].[Cl-].[Zr+2]. The molecule has 25 heavy (non-hydrogen) atoms. The number of hydrogen-bond acceptors (Lipinski definition) is 2. The smallest absolute Gasteiger partial charge is 1.00 e. The van der Waals surface area contributed by atoms with Gasteiger partial charge < -0.3 is 35.0 Å². The quantitative estimate of drug-likeness (QED) is 0.548. The van der Waals surface area contributed by atoms with Crippen LogP contribution in [0.15, 0.2) is 48.5 Å². The van der Waals surface area contributed by atoms with Gasteiger partial charge in [-0.1, -0.05) is 65.8 Å². The second kappa shape index (κ2) is 12.0. The summed E-state index contributed by atoms with van der Waals surface area (Å²) in [7, 11) is 0. The number of halogens is 2. The van der Waals surface area contributed by atoms with Crippen molar-refractivity contribution >= 4 is 0 Å². The second-order valence-electron chi connectivity index (χ2n) is 7.60. The van der Waals surface area contributed by atoms with Crippen LogP contribution in [0, 0.1) is 0 Å². The Morgan fingerprint density at radius 3 is 1.04 bits per heavy atom. The first-order chi connectivity index (χ1) is 10.00. The van der Waals surface area contributed by atoms with Gasteiger partial charge in [-0.05, 0) is 46.2 Å². The molecule has 5 heteroatoms. The molecule has 0 aromatic heterocycles. The van der Waals surface area contributed by atoms with Crippen molar-refractivity contribution in [2.45, 2.75) is 52.4 Å². The van der Waals surface area contributed by atoms with Crippen LogP contribution in [0.5, 0.6) is 11.5 Å². The average molecular weight is 463 g/mol. The maximum atomic E-state index is 9.18. The summed E-state index contributed by atoms with van der Waals surface area (Å²) in [5, 5.41) is 18.4. The third-order valence-corrected chi connectivity index (χ3v) is 3.42. The molecule has 0 fully saturated rings. The van der Waals surface area contributed by atoms with Crippen molar-refractivity contribution in [1.29, 1.82) is 0 Å². The minimum Gasteiger partial charge on any atom is -1.00 e. The number of benzene rings is 2. The predicted octanol–water partition coefficient (Wildman–Crippen LogP) is -0.615. The Bertz CT molecular complexity index is 562. The number of hydrogen-bond donors (Lipinski definition) is 2. The molecule has 0 aliphatic carbocycles. The zero-order valence-corrected chi connectivity index (χ0v) is 19.7. The van der Waals surface area contributed by atoms with E-state index in [0.717, 1.165) is 11.1 Å². The first-order valence-electron chi connectivity index (χ1n) is 7.59. The van der Waals surface area contributed by atoms with Gasteiger partial charge in [-0.15, -0.1) is 0 Å². The van der Waals surface area contributed by atoms with Gasteiger partial charge >= 0.3 is 26.2 Å². The second-order valence-corrected chi connectivity index (χ2v) is 7.60. The van der Waals surface area contributed by atoms with E-state index in [9.17, 15) is 10.2 Å². The van der Waals surface area contributed by atoms with Crippen molar-refractivity contribution in [2.24, 2.45) is 0 Å². The Morgan fingerprint density at radius 1 is 0.600 bits per heavy atom. The monoisotopic (exact) mass is 460 g/mol. The minimum absolute atomic E-state index is 0. The molecule has 2 nitrogen and oxygen atoms in total. The van der Waals surface area contributed by atoms with Crippen LogP contribution in [0.3, 0.4) is 0 Å². The number of phenolic OH excluding ortho intramolecular Hbond substituents is 2. The van der Waals surface area contributed by atoms with Crippen LogP contribution in [0.25, 0.3) is 0 Å². The van der Waals surface area contributed by atoms with E-state index in [0.29, 0.717) is 11.5 Å². The fourth-order valence-electron chi connectivity index (χ4n) is 1.94. The van der Waals surface area contributed by atoms with Gasteiger partial charge in [-0.25, -0.2) is 0 Å². The van der Waals surface area contributed by atoms with Crippen molar-refractivity contribution in [3.8, 4) is 11.5 Å². The Labute approximate surface area is 184 Å². The zero-order chi connectivity index (χ0) is 17.0. The first kappa shape index (κ1) is 29.3. The number of rotatable bonds is 0. The van der Waals surface area contributed by atoms with Crippen LogP contribution < -0.4 is 24.8 Å². The molecule has 138 valence electrons. The van der Waals surface area contributed by atoms with Gasteiger partial charge in [0.25, 0.3) is 0 Å². The molecule has 0 aliphatic heterocycles. The summed E-state index contributed by atoms with van der Waals surface area (Å²) in [5.74, 6) is 0.690. The van der Waals surface area contributed by atoms with Gasteiger partial charge in [0, 0.05) is 0 Å². The minimum atomic E-state index is 0. The molecule has 0 atom stereocenters. The van der Waals surface area contributed by atoms with Crippen molar-refractivity contribution in [3.63, 3.8) is 0 Å². The van der Waals surface area contributed by atoms with E-state index in [1.807, 2.05) is 24.3 Å². The molecule has 0 unspecified atom stereocenters. The fourth-order valence-corrected chi connectivity index (χ4v) is 1.94. The molecule has 0 amide bonds. The van der Waals surface area contributed by atoms with Crippen LogP contribution in [-0.4, -0.2) is 10.2 Å². The van der Waals surface area contributed by atoms with E-state index in [-0.39, 0.29) is 61.8 Å². The number of phenols is 2. The molecular formula is C20H28Cl2O2Zr. The van der Waals surface area contributed by atoms with E-state index >= 15 is 0 Å². The number of aromatic hydroxyl groups is 2. The van der Waals surface area contributed by atoms with Crippen molar-refractivity contribution in [2.75, 3.05) is 0 Å². The summed E-state index contributed by atoms with van der Waals surface area (Å²) >= 11 is 0. The first-order valence-corrected chi connectivity index (χ1v) is 7.59. The molecule has 2 N–H and O–H groups in total. The molecule has 0 aliphatic rings. The Balaban J connectivity index is -0.000000346. The normalized spacial score (nSPS) is 10.2. The summed E-state index contributed by atoms with van der Waals surface area (Å²) in [5.41, 5.74) is 2.58. The van der Waals surface area contributed by atoms with Crippen molar-refractivity contribution < 1.29 is 61.2 Å². The average Bonchev–Trinajstić information content (AvgIpc) is 2.37. The van der Waals surface area contributed by atoms with Crippen LogP contribution in [0.1, 0.15) is 52.7 Å². The van der Waals surface area contributed by atoms with Gasteiger partial charge in [0.2, 0.25) is 0 Å². The van der Waals surface area contributed by atoms with Crippen LogP contribution in [0.2, 0.25) is 0 Å². The molecular weight excluding hydrogens is 434 g/mol. The maximum absolute atomic E-state index is 9.18. The summed E-state index contributed by atoms with van der Waals surface area (Å²) in [6, 6.07) is 14.8. The fraction of sp³-hybridized carbons (Fsp3) is 0.400. The Kier molecular flexibility index (Phi) is 14.0. The van der Waals surface area contributed by atoms with E-state index < -0.39 is 0 Å². The standard InChI is InChI=1S/2C10H14O.2ClH.Zr/c2*1-10(2,3)8-5-4-6-9(11)7-8;;;/h2*4-7,11H,1-3H3;2*1H;/q;;;;+2/p-2. The predicted molar refractivity (Wildman–Crippen MR) is 93.6 cm³/mol. The molecule has 0 bridgehead atoms. The maximum Gasteiger partial charge on any atom is 2.00 e. The van der Waals surface area contributed by atoms with E-state index in [1.54, 1.807) is 24.3 Å². The van der Waals surface area contributed by atoms with E-state index in [1.165, 1.54) is 0 Å². The van der Waals surface area contributed by atoms with Crippen LogP contribution in [0.4, 0.5) is 0 Å². The van der Waals surface area contributed by atoms with Gasteiger partial charge in [0.05, 0.1) is 0 Å². The van der Waals surface area contributed by atoms with Crippen molar-refractivity contribution in [1.82, 2.24) is 0 Å². The molecule has 2 rings (SSSR count). The zero-order valence-electron chi connectivity index (χ0n) is 15.8.